The molecule has 0 saturated carbocycles. The van der Waals surface area contributed by atoms with Gasteiger partial charge in [-0.1, -0.05) is 62.4 Å². The van der Waals surface area contributed by atoms with Crippen molar-refractivity contribution in [2.75, 3.05) is 40.1 Å². The normalized spacial score (nSPS) is 18.9. The van der Waals surface area contributed by atoms with Crippen molar-refractivity contribution < 1.29 is 62.2 Å². The molecule has 4 aliphatic heterocycles. The number of aliphatic imine (C=N–C) groups is 2. The number of amides is 6. The van der Waals surface area contributed by atoms with Crippen LogP contribution in [0.2, 0.25) is 0 Å². The fraction of sp³-hybridized carbons (Fsp3) is 0.418. The first-order valence-electron chi connectivity index (χ1n) is 25.2. The molecule has 5 atom stereocenters. The van der Waals surface area contributed by atoms with E-state index >= 15 is 4.79 Å². The van der Waals surface area contributed by atoms with Gasteiger partial charge in [-0.15, -0.1) is 4.59 Å². The summed E-state index contributed by atoms with van der Waals surface area (Å²) < 4.78 is 28.8. The van der Waals surface area contributed by atoms with Crippen LogP contribution in [-0.2, 0) is 20.9 Å². The average Bonchev–Trinajstić information content (AvgIpc) is 3.89. The smallest absolute Gasteiger partial charge is 0.408 e. The van der Waals surface area contributed by atoms with Crippen molar-refractivity contribution >= 4 is 59.6 Å². The maximum Gasteiger partial charge on any atom is 0.408 e. The minimum atomic E-state index is -1.15. The number of benzene rings is 3. The molecule has 0 bridgehead atoms. The van der Waals surface area contributed by atoms with Crippen LogP contribution >= 0.6 is 0 Å². The maximum absolute atomic E-state index is 15.0. The molecular formula is C55H67N8O12+. The molecule has 0 fully saturated rings. The molecule has 0 radical (unpaired) electrons. The molecule has 7 rings (SSSR count). The lowest BCUT2D eigenvalue weighted by Gasteiger charge is -2.33. The lowest BCUT2D eigenvalue weighted by atomic mass is 10.0. The largest absolute Gasteiger partial charge is 0.493 e. The Morgan fingerprint density at radius 3 is 2.13 bits per heavy atom. The molecule has 3 aromatic rings. The zero-order chi connectivity index (χ0) is 53.8. The molecule has 4 heterocycles. The number of nitrogens with zero attached hydrogens (tertiary/aromatic N) is 5. The molecule has 75 heavy (non-hydrogen) atoms. The molecule has 398 valence electrons. The molecule has 0 spiro atoms. The number of carbonyl (C=O) groups excluding carboxylic acids is 5. The Morgan fingerprint density at radius 2 is 1.47 bits per heavy atom. The number of fused-ring (bicyclic) bond motifs is 4. The minimum Gasteiger partial charge on any atom is -0.493 e. The predicted molar refractivity (Wildman–Crippen MR) is 280 cm³/mol. The number of alkyl carbamates (subject to hydrolysis) is 1. The number of hydrogen-bond acceptors (Lipinski definition) is 13. The van der Waals surface area contributed by atoms with Crippen LogP contribution in [0.1, 0.15) is 99.4 Å². The van der Waals surface area contributed by atoms with Gasteiger partial charge in [0.05, 0.1) is 56.1 Å². The standard InChI is InChI=1S/C55H66N8O12/c1-8-19-75-54(68)59-49(34(2)3)51(65)58-37(6)50(64)60-63-33-36(5)24-40(63)30-57-44-28-48(46(26-42(44)53(63)67)74-22-15-18-61(55(69)70)32-38-16-11-9-12-17-38)73-21-14-10-13-20-72-47-27-43-41(25-45(47)71-7)52(66)62-31-35(4)23-39(62)29-56-43/h8-9,11-12,16-17,25-31,33-34,37,39-40,49H,1,10,13-15,18-24,32H2,2-7H3,(H3-,58,59,60,64,65,68,69,70)/p+1/t37-,39-,40-,49-,63?/m0/s1. The number of carboxylic acid groups (broad SMARTS) is 1. The number of ether oxygens (including phenoxy) is 5. The van der Waals surface area contributed by atoms with Crippen LogP contribution in [0, 0.1) is 5.92 Å². The fourth-order valence-corrected chi connectivity index (χ4v) is 9.19. The minimum absolute atomic E-state index is 0.0545. The Balaban J connectivity index is 1.04. The Kier molecular flexibility index (Phi) is 18.1. The summed E-state index contributed by atoms with van der Waals surface area (Å²) in [6.45, 7) is 13.3. The van der Waals surface area contributed by atoms with Crippen LogP contribution < -0.4 is 35.0 Å². The van der Waals surface area contributed by atoms with Gasteiger partial charge < -0.3 is 49.2 Å². The summed E-state index contributed by atoms with van der Waals surface area (Å²) in [5.74, 6) is -0.886. The summed E-state index contributed by atoms with van der Waals surface area (Å²) >= 11 is 0. The van der Waals surface area contributed by atoms with E-state index in [1.54, 1.807) is 55.6 Å². The first kappa shape index (κ1) is 54.8. The van der Waals surface area contributed by atoms with E-state index in [0.717, 1.165) is 23.1 Å². The summed E-state index contributed by atoms with van der Waals surface area (Å²) in [6, 6.07) is 12.9. The van der Waals surface area contributed by atoms with Gasteiger partial charge in [0, 0.05) is 50.1 Å². The Hall–Kier alpha value is -8.00. The lowest BCUT2D eigenvalue weighted by Crippen LogP contribution is -2.66. The van der Waals surface area contributed by atoms with Crippen LogP contribution in [0.15, 0.2) is 101 Å². The van der Waals surface area contributed by atoms with Crippen molar-refractivity contribution in [3.8, 4) is 23.0 Å². The van der Waals surface area contributed by atoms with E-state index in [1.165, 1.54) is 31.1 Å². The Labute approximate surface area is 436 Å². The molecule has 4 N–H and O–H groups in total. The van der Waals surface area contributed by atoms with Gasteiger partial charge in [0.2, 0.25) is 5.91 Å². The van der Waals surface area contributed by atoms with Gasteiger partial charge in [0.25, 0.3) is 11.8 Å². The second-order valence-corrected chi connectivity index (χ2v) is 19.3. The zero-order valence-electron chi connectivity index (χ0n) is 43.3. The lowest BCUT2D eigenvalue weighted by molar-refractivity contribution is -0.842. The van der Waals surface area contributed by atoms with Gasteiger partial charge in [0.1, 0.15) is 30.5 Å². The first-order valence-corrected chi connectivity index (χ1v) is 25.2. The first-order chi connectivity index (χ1) is 36.0. The van der Waals surface area contributed by atoms with Gasteiger partial charge in [0.15, 0.2) is 29.0 Å². The van der Waals surface area contributed by atoms with E-state index in [2.05, 4.69) is 27.6 Å². The summed E-state index contributed by atoms with van der Waals surface area (Å²) in [4.78, 5) is 92.9. The Morgan fingerprint density at radius 1 is 0.827 bits per heavy atom. The molecular weight excluding hydrogens is 965 g/mol. The maximum atomic E-state index is 15.0. The molecule has 20 heteroatoms. The topological polar surface area (TPSA) is 236 Å². The van der Waals surface area contributed by atoms with E-state index in [1.807, 2.05) is 50.4 Å². The average molecular weight is 1030 g/mol. The molecule has 1 unspecified atom stereocenters. The SMILES string of the molecule is C=CCOC(=O)N[C@H](C(=O)N[C@@H](C)C(=O)N[N+]12C=C(C)C[C@H]1C=Nc1cc(OCCCCCOc3cc4c(cc3OC)C(=O)N3C=C(C)C[C@H]3C=N4)c(OCCCN(Cc3ccccc3)C(=O)O)cc1C2=O)C(C)C. The van der Waals surface area contributed by atoms with Crippen LogP contribution in [0.5, 0.6) is 23.0 Å². The van der Waals surface area contributed by atoms with E-state index in [-0.39, 0.29) is 67.8 Å². The van der Waals surface area contributed by atoms with Gasteiger partial charge in [-0.3, -0.25) is 24.4 Å². The monoisotopic (exact) mass is 1030 g/mol. The number of methoxy groups -OCH3 is 1. The third kappa shape index (κ3) is 13.2. The zero-order valence-corrected chi connectivity index (χ0v) is 43.3. The predicted octanol–water partition coefficient (Wildman–Crippen LogP) is 7.93. The second kappa shape index (κ2) is 24.8. The van der Waals surface area contributed by atoms with Crippen molar-refractivity contribution in [3.05, 3.63) is 107 Å². The summed E-state index contributed by atoms with van der Waals surface area (Å²) in [5.41, 5.74) is 7.03. The quantitative estimate of drug-likeness (QED) is 0.0380. The summed E-state index contributed by atoms with van der Waals surface area (Å²) in [6.07, 6.45) is 9.84. The number of nitrogens with one attached hydrogen (secondary N) is 3. The molecule has 0 saturated heterocycles. The number of carbonyl (C=O) groups is 6. The van der Waals surface area contributed by atoms with E-state index in [4.69, 9.17) is 28.7 Å². The number of quaternary nitrogens is 1. The van der Waals surface area contributed by atoms with Crippen molar-refractivity contribution in [1.82, 2.24) is 25.9 Å². The highest BCUT2D eigenvalue weighted by Gasteiger charge is 2.52. The number of unbranched alkanes of at least 4 members (excludes halogenated alkanes) is 2. The van der Waals surface area contributed by atoms with Crippen LogP contribution in [-0.4, -0.2) is 132 Å². The van der Waals surface area contributed by atoms with Gasteiger partial charge in [-0.05, 0) is 76.0 Å². The molecule has 3 aromatic carbocycles. The summed E-state index contributed by atoms with van der Waals surface area (Å²) in [5, 5.41) is 15.2. The highest BCUT2D eigenvalue weighted by molar-refractivity contribution is 6.04. The van der Waals surface area contributed by atoms with Gasteiger partial charge >= 0.3 is 18.1 Å². The number of rotatable bonds is 24. The van der Waals surface area contributed by atoms with Crippen LogP contribution in [0.25, 0.3) is 0 Å². The molecule has 0 aliphatic carbocycles. The van der Waals surface area contributed by atoms with Gasteiger partial charge in [-0.2, -0.15) is 5.43 Å². The van der Waals surface area contributed by atoms with Crippen molar-refractivity contribution in [3.63, 3.8) is 0 Å². The molecule has 0 aromatic heterocycles. The van der Waals surface area contributed by atoms with Crippen molar-refractivity contribution in [1.29, 1.82) is 0 Å². The number of hydrogen-bond donors (Lipinski definition) is 4. The third-order valence-electron chi connectivity index (χ3n) is 13.1. The molecule has 20 nitrogen and oxygen atoms in total. The fourth-order valence-electron chi connectivity index (χ4n) is 9.19. The van der Waals surface area contributed by atoms with E-state index in [0.29, 0.717) is 67.2 Å². The summed E-state index contributed by atoms with van der Waals surface area (Å²) in [7, 11) is 1.53. The van der Waals surface area contributed by atoms with Crippen molar-refractivity contribution in [2.45, 2.75) is 104 Å². The van der Waals surface area contributed by atoms with Crippen LogP contribution in [0.3, 0.4) is 0 Å². The Bertz CT molecular complexity index is 2780. The third-order valence-corrected chi connectivity index (χ3v) is 13.1. The highest BCUT2D eigenvalue weighted by Crippen LogP contribution is 2.42. The second-order valence-electron chi connectivity index (χ2n) is 19.3. The molecule has 4 aliphatic rings. The van der Waals surface area contributed by atoms with E-state index in [9.17, 15) is 29.1 Å². The van der Waals surface area contributed by atoms with Crippen molar-refractivity contribution in [2.24, 2.45) is 15.9 Å². The molecule has 6 amide bonds. The van der Waals surface area contributed by atoms with Crippen LogP contribution in [0.4, 0.5) is 21.0 Å². The van der Waals surface area contributed by atoms with E-state index < -0.39 is 52.6 Å². The highest BCUT2D eigenvalue weighted by atomic mass is 16.5. The van der Waals surface area contributed by atoms with Gasteiger partial charge in [-0.25, -0.2) is 14.4 Å².